The van der Waals surface area contributed by atoms with Crippen LogP contribution < -0.4 is 15.4 Å². The van der Waals surface area contributed by atoms with Crippen molar-refractivity contribution in [3.05, 3.63) is 0 Å². The predicted molar refractivity (Wildman–Crippen MR) is 66.1 cm³/mol. The molecule has 1 aliphatic heterocycles. The third-order valence-corrected chi connectivity index (χ3v) is 3.43. The zero-order chi connectivity index (χ0) is 13.1. The van der Waals surface area contributed by atoms with Crippen LogP contribution in [0.15, 0.2) is 0 Å². The maximum atomic E-state index is 11.1. The Kier molecular flexibility index (Phi) is 4.51. The van der Waals surface area contributed by atoms with Crippen LogP contribution in [-0.4, -0.2) is 45.3 Å². The van der Waals surface area contributed by atoms with Crippen LogP contribution in [0.5, 0.6) is 0 Å². The Labute approximate surface area is 103 Å². The molecular formula is C10H21N3O3S. The van der Waals surface area contributed by atoms with Crippen molar-refractivity contribution in [1.82, 2.24) is 15.4 Å². The summed E-state index contributed by atoms with van der Waals surface area (Å²) in [6.45, 7) is 4.82. The van der Waals surface area contributed by atoms with Crippen molar-refractivity contribution in [2.45, 2.75) is 38.3 Å². The Bertz CT molecular complexity index is 378. The molecule has 0 bridgehead atoms. The molecule has 0 spiro atoms. The highest BCUT2D eigenvalue weighted by Crippen LogP contribution is 2.06. The molecule has 1 fully saturated rings. The third-order valence-electron chi connectivity index (χ3n) is 2.50. The lowest BCUT2D eigenvalue weighted by atomic mass is 10.1. The molecule has 1 aliphatic rings. The Morgan fingerprint density at radius 3 is 2.59 bits per heavy atom. The summed E-state index contributed by atoms with van der Waals surface area (Å²) in [6.07, 6.45) is 2.56. The van der Waals surface area contributed by atoms with E-state index in [1.165, 1.54) is 0 Å². The highest BCUT2D eigenvalue weighted by atomic mass is 32.2. The van der Waals surface area contributed by atoms with Gasteiger partial charge in [0, 0.05) is 31.1 Å². The van der Waals surface area contributed by atoms with Crippen molar-refractivity contribution >= 4 is 15.9 Å². The SMILES string of the molecule is CC(C)(CNCC1CCC(=O)N1)NS(C)(=O)=O. The molecule has 0 aromatic rings. The fourth-order valence-electron chi connectivity index (χ4n) is 1.93. The van der Waals surface area contributed by atoms with Crippen LogP contribution in [0, 0.1) is 0 Å². The molecule has 17 heavy (non-hydrogen) atoms. The van der Waals surface area contributed by atoms with Gasteiger partial charge in [-0.2, -0.15) is 0 Å². The van der Waals surface area contributed by atoms with Crippen LogP contribution >= 0.6 is 0 Å². The zero-order valence-electron chi connectivity index (χ0n) is 10.5. The van der Waals surface area contributed by atoms with Crippen molar-refractivity contribution in [2.75, 3.05) is 19.3 Å². The van der Waals surface area contributed by atoms with Gasteiger partial charge in [0.15, 0.2) is 0 Å². The van der Waals surface area contributed by atoms with E-state index in [1.54, 1.807) is 0 Å². The van der Waals surface area contributed by atoms with Gasteiger partial charge in [0.1, 0.15) is 0 Å². The largest absolute Gasteiger partial charge is 0.352 e. The van der Waals surface area contributed by atoms with Gasteiger partial charge in [0.05, 0.1) is 6.26 Å². The monoisotopic (exact) mass is 263 g/mol. The summed E-state index contributed by atoms with van der Waals surface area (Å²) in [7, 11) is -3.20. The molecule has 1 saturated heterocycles. The molecule has 3 N–H and O–H groups in total. The third kappa shape index (κ3) is 5.99. The van der Waals surface area contributed by atoms with Gasteiger partial charge in [-0.1, -0.05) is 0 Å². The first kappa shape index (κ1) is 14.4. The highest BCUT2D eigenvalue weighted by molar-refractivity contribution is 7.88. The van der Waals surface area contributed by atoms with Crippen LogP contribution in [0.3, 0.4) is 0 Å². The molecule has 1 unspecified atom stereocenters. The van der Waals surface area contributed by atoms with Gasteiger partial charge in [-0.05, 0) is 20.3 Å². The average Bonchev–Trinajstić information content (AvgIpc) is 2.46. The van der Waals surface area contributed by atoms with E-state index in [1.807, 2.05) is 13.8 Å². The van der Waals surface area contributed by atoms with Crippen molar-refractivity contribution in [3.8, 4) is 0 Å². The van der Waals surface area contributed by atoms with Gasteiger partial charge in [0.2, 0.25) is 15.9 Å². The number of amides is 1. The lowest BCUT2D eigenvalue weighted by Gasteiger charge is -2.26. The fraction of sp³-hybridized carbons (Fsp3) is 0.900. The van der Waals surface area contributed by atoms with Gasteiger partial charge in [-0.3, -0.25) is 4.79 Å². The van der Waals surface area contributed by atoms with E-state index in [9.17, 15) is 13.2 Å². The van der Waals surface area contributed by atoms with Crippen LogP contribution in [0.4, 0.5) is 0 Å². The number of nitrogens with one attached hydrogen (secondary N) is 3. The van der Waals surface area contributed by atoms with Crippen LogP contribution in [0.25, 0.3) is 0 Å². The maximum Gasteiger partial charge on any atom is 0.220 e. The normalized spacial score (nSPS) is 21.6. The molecule has 1 heterocycles. The summed E-state index contributed by atoms with van der Waals surface area (Å²) in [6, 6.07) is 0.163. The Morgan fingerprint density at radius 1 is 1.47 bits per heavy atom. The number of rotatable bonds is 6. The fourth-order valence-corrected chi connectivity index (χ4v) is 3.00. The first-order chi connectivity index (χ1) is 7.68. The number of carbonyl (C=O) groups excluding carboxylic acids is 1. The molecule has 0 aromatic carbocycles. The standard InChI is InChI=1S/C10H21N3O3S/c1-10(2,13-17(3,15)16)7-11-6-8-4-5-9(14)12-8/h8,11,13H,4-7H2,1-3H3,(H,12,14). The number of hydrogen-bond acceptors (Lipinski definition) is 4. The summed E-state index contributed by atoms with van der Waals surface area (Å²) in [5.41, 5.74) is -0.532. The van der Waals surface area contributed by atoms with Crippen molar-refractivity contribution in [2.24, 2.45) is 0 Å². The lowest BCUT2D eigenvalue weighted by molar-refractivity contribution is -0.119. The average molecular weight is 263 g/mol. The summed E-state index contributed by atoms with van der Waals surface area (Å²) >= 11 is 0. The van der Waals surface area contributed by atoms with Gasteiger partial charge >= 0.3 is 0 Å². The van der Waals surface area contributed by atoms with Crippen molar-refractivity contribution in [3.63, 3.8) is 0 Å². The lowest BCUT2D eigenvalue weighted by Crippen LogP contribution is -2.51. The molecular weight excluding hydrogens is 242 g/mol. The Morgan fingerprint density at radius 2 is 2.12 bits per heavy atom. The summed E-state index contributed by atoms with van der Waals surface area (Å²) in [4.78, 5) is 11.0. The van der Waals surface area contributed by atoms with Gasteiger partial charge < -0.3 is 10.6 Å². The van der Waals surface area contributed by atoms with Crippen LogP contribution in [-0.2, 0) is 14.8 Å². The predicted octanol–water partition coefficient (Wildman–Crippen LogP) is -0.818. The second kappa shape index (κ2) is 5.32. The molecule has 6 nitrogen and oxygen atoms in total. The second-order valence-electron chi connectivity index (χ2n) is 5.19. The van der Waals surface area contributed by atoms with E-state index < -0.39 is 15.6 Å². The van der Waals surface area contributed by atoms with Gasteiger partial charge in [-0.15, -0.1) is 0 Å². The number of hydrogen-bond donors (Lipinski definition) is 3. The quantitative estimate of drug-likeness (QED) is 0.584. The zero-order valence-corrected chi connectivity index (χ0v) is 11.4. The first-order valence-electron chi connectivity index (χ1n) is 5.67. The van der Waals surface area contributed by atoms with E-state index in [-0.39, 0.29) is 11.9 Å². The minimum atomic E-state index is -3.20. The minimum absolute atomic E-state index is 0.0883. The van der Waals surface area contributed by atoms with Crippen LogP contribution in [0.1, 0.15) is 26.7 Å². The summed E-state index contributed by atoms with van der Waals surface area (Å²) in [5.74, 6) is 0.0883. The number of sulfonamides is 1. The molecule has 0 aliphatic carbocycles. The van der Waals surface area contributed by atoms with E-state index >= 15 is 0 Å². The maximum absolute atomic E-state index is 11.1. The van der Waals surface area contributed by atoms with E-state index in [4.69, 9.17) is 0 Å². The van der Waals surface area contributed by atoms with Crippen LogP contribution in [0.2, 0.25) is 0 Å². The van der Waals surface area contributed by atoms with Crippen molar-refractivity contribution < 1.29 is 13.2 Å². The van der Waals surface area contributed by atoms with Gasteiger partial charge in [0.25, 0.3) is 0 Å². The topological polar surface area (TPSA) is 87.3 Å². The van der Waals surface area contributed by atoms with E-state index in [0.717, 1.165) is 12.7 Å². The van der Waals surface area contributed by atoms with E-state index in [2.05, 4.69) is 15.4 Å². The molecule has 0 aromatic heterocycles. The minimum Gasteiger partial charge on any atom is -0.352 e. The molecule has 1 amide bonds. The highest BCUT2D eigenvalue weighted by Gasteiger charge is 2.24. The number of carbonyl (C=O) groups is 1. The first-order valence-corrected chi connectivity index (χ1v) is 7.56. The summed E-state index contributed by atoms with van der Waals surface area (Å²) in [5, 5.41) is 6.02. The smallest absolute Gasteiger partial charge is 0.220 e. The molecule has 0 saturated carbocycles. The molecule has 7 heteroatoms. The molecule has 1 atom stereocenters. The molecule has 100 valence electrons. The second-order valence-corrected chi connectivity index (χ2v) is 6.94. The van der Waals surface area contributed by atoms with Gasteiger partial charge in [-0.25, -0.2) is 13.1 Å². The van der Waals surface area contributed by atoms with Crippen molar-refractivity contribution in [1.29, 1.82) is 0 Å². The summed E-state index contributed by atoms with van der Waals surface area (Å²) < 4.78 is 24.8. The Hall–Kier alpha value is -0.660. The van der Waals surface area contributed by atoms with E-state index in [0.29, 0.717) is 19.5 Å². The Balaban J connectivity index is 2.28. The molecule has 0 radical (unpaired) electrons. The molecule has 1 rings (SSSR count).